The SMILES string of the molecule is CON(C)C(=O)c1ccc2c(c1)N(c1ccc(Cl)cc1)CCN(N)/C2=C(/C)N. The summed E-state index contributed by atoms with van der Waals surface area (Å²) >= 11 is 6.05. The molecule has 0 spiro atoms. The van der Waals surface area contributed by atoms with E-state index >= 15 is 0 Å². The normalized spacial score (nSPS) is 15.8. The molecule has 1 aliphatic heterocycles. The van der Waals surface area contributed by atoms with Crippen LogP contribution in [0.3, 0.4) is 0 Å². The number of hydrogen-bond acceptors (Lipinski definition) is 6. The van der Waals surface area contributed by atoms with Gasteiger partial charge in [-0.15, -0.1) is 0 Å². The van der Waals surface area contributed by atoms with Gasteiger partial charge in [0.1, 0.15) is 0 Å². The van der Waals surface area contributed by atoms with Gasteiger partial charge in [-0.25, -0.2) is 10.9 Å². The van der Waals surface area contributed by atoms with Crippen LogP contribution >= 0.6 is 11.6 Å². The second-order valence-corrected chi connectivity index (χ2v) is 7.01. The lowest BCUT2D eigenvalue weighted by Crippen LogP contribution is -2.34. The Morgan fingerprint density at radius 3 is 2.46 bits per heavy atom. The van der Waals surface area contributed by atoms with Gasteiger partial charge in [-0.3, -0.25) is 9.63 Å². The van der Waals surface area contributed by atoms with Crippen molar-refractivity contribution in [2.45, 2.75) is 6.92 Å². The summed E-state index contributed by atoms with van der Waals surface area (Å²) in [5.41, 5.74) is 10.6. The molecule has 0 unspecified atom stereocenters. The van der Waals surface area contributed by atoms with Crippen molar-refractivity contribution in [1.29, 1.82) is 0 Å². The summed E-state index contributed by atoms with van der Waals surface area (Å²) in [6.07, 6.45) is 0. The number of hydroxylamine groups is 2. The van der Waals surface area contributed by atoms with Gasteiger partial charge in [-0.1, -0.05) is 11.6 Å². The molecule has 4 N–H and O–H groups in total. The fourth-order valence-corrected chi connectivity index (χ4v) is 3.40. The lowest BCUT2D eigenvalue weighted by Gasteiger charge is -2.25. The average Bonchev–Trinajstić information content (AvgIpc) is 2.83. The summed E-state index contributed by atoms with van der Waals surface area (Å²) in [7, 11) is 3.02. The van der Waals surface area contributed by atoms with Gasteiger partial charge in [0.15, 0.2) is 0 Å². The van der Waals surface area contributed by atoms with Gasteiger partial charge in [-0.2, -0.15) is 0 Å². The van der Waals surface area contributed by atoms with Crippen molar-refractivity contribution in [2.75, 3.05) is 32.1 Å². The summed E-state index contributed by atoms with van der Waals surface area (Å²) in [6, 6.07) is 13.0. The van der Waals surface area contributed by atoms with Gasteiger partial charge in [0.05, 0.1) is 25.0 Å². The van der Waals surface area contributed by atoms with Crippen LogP contribution in [0.25, 0.3) is 5.70 Å². The van der Waals surface area contributed by atoms with Crippen LogP contribution in [0.4, 0.5) is 11.4 Å². The Morgan fingerprint density at radius 2 is 1.86 bits per heavy atom. The van der Waals surface area contributed by atoms with E-state index in [1.807, 2.05) is 43.3 Å². The predicted molar refractivity (Wildman–Crippen MR) is 112 cm³/mol. The van der Waals surface area contributed by atoms with Gasteiger partial charge < -0.3 is 15.6 Å². The summed E-state index contributed by atoms with van der Waals surface area (Å²) in [5.74, 6) is 6.03. The first-order valence-corrected chi connectivity index (χ1v) is 9.19. The van der Waals surface area contributed by atoms with Crippen LogP contribution in [0.1, 0.15) is 22.8 Å². The van der Waals surface area contributed by atoms with Crippen molar-refractivity contribution < 1.29 is 9.63 Å². The minimum atomic E-state index is -0.245. The molecule has 28 heavy (non-hydrogen) atoms. The van der Waals surface area contributed by atoms with E-state index in [-0.39, 0.29) is 5.91 Å². The first-order valence-electron chi connectivity index (χ1n) is 8.81. The summed E-state index contributed by atoms with van der Waals surface area (Å²) in [5, 5.41) is 3.49. The van der Waals surface area contributed by atoms with Crippen molar-refractivity contribution in [3.8, 4) is 0 Å². The molecule has 0 saturated heterocycles. The van der Waals surface area contributed by atoms with Crippen LogP contribution in [0.15, 0.2) is 48.2 Å². The van der Waals surface area contributed by atoms with Crippen LogP contribution < -0.4 is 16.5 Å². The van der Waals surface area contributed by atoms with E-state index in [4.69, 9.17) is 28.0 Å². The standard InChI is InChI=1S/C20H24ClN5O2/c1-13(22)19-17-9-4-14(20(27)24(2)28-3)12-18(17)25(10-11-26(19)23)16-7-5-15(21)6-8-16/h4-9,12H,10-11,22-23H2,1-3H3/b19-13-. The van der Waals surface area contributed by atoms with E-state index in [0.717, 1.165) is 22.6 Å². The Labute approximate surface area is 169 Å². The molecule has 8 heteroatoms. The maximum atomic E-state index is 12.6. The number of benzene rings is 2. The number of hydrogen-bond donors (Lipinski definition) is 2. The van der Waals surface area contributed by atoms with Crippen molar-refractivity contribution in [3.05, 3.63) is 64.3 Å². The molecular weight excluding hydrogens is 378 g/mol. The van der Waals surface area contributed by atoms with Gasteiger partial charge in [0, 0.05) is 41.1 Å². The Hall–Kier alpha value is -2.74. The maximum Gasteiger partial charge on any atom is 0.277 e. The number of carbonyl (C=O) groups is 1. The highest BCUT2D eigenvalue weighted by Crippen LogP contribution is 2.37. The van der Waals surface area contributed by atoms with E-state index in [0.29, 0.717) is 29.4 Å². The first-order chi connectivity index (χ1) is 13.3. The topological polar surface area (TPSA) is 88.1 Å². The van der Waals surface area contributed by atoms with Crippen molar-refractivity contribution in [3.63, 3.8) is 0 Å². The number of amides is 1. The van der Waals surface area contributed by atoms with E-state index in [2.05, 4.69) is 4.90 Å². The number of anilines is 2. The highest BCUT2D eigenvalue weighted by molar-refractivity contribution is 6.30. The third kappa shape index (κ3) is 3.77. The van der Waals surface area contributed by atoms with E-state index in [1.165, 1.54) is 12.2 Å². The zero-order valence-electron chi connectivity index (χ0n) is 16.1. The summed E-state index contributed by atoms with van der Waals surface area (Å²) < 4.78 is 0. The first kappa shape index (κ1) is 20.0. The van der Waals surface area contributed by atoms with Gasteiger partial charge in [-0.05, 0) is 49.4 Å². The lowest BCUT2D eigenvalue weighted by atomic mass is 10.0. The number of rotatable bonds is 3. The Balaban J connectivity index is 2.20. The number of fused-ring (bicyclic) bond motifs is 1. The molecule has 0 atom stereocenters. The maximum absolute atomic E-state index is 12.6. The van der Waals surface area contributed by atoms with Crippen molar-refractivity contribution in [1.82, 2.24) is 10.1 Å². The lowest BCUT2D eigenvalue weighted by molar-refractivity contribution is -0.0756. The highest BCUT2D eigenvalue weighted by Gasteiger charge is 2.26. The van der Waals surface area contributed by atoms with E-state index < -0.39 is 0 Å². The number of nitrogens with zero attached hydrogens (tertiary/aromatic N) is 3. The molecular formula is C20H24ClN5O2. The zero-order valence-corrected chi connectivity index (χ0v) is 16.9. The molecule has 0 bridgehead atoms. The third-order valence-electron chi connectivity index (χ3n) is 4.71. The molecule has 0 saturated carbocycles. The summed E-state index contributed by atoms with van der Waals surface area (Å²) in [6.45, 7) is 2.98. The molecule has 3 rings (SSSR count). The number of nitrogens with two attached hydrogens (primary N) is 2. The molecule has 0 aromatic heterocycles. The van der Waals surface area contributed by atoms with Gasteiger partial charge >= 0.3 is 0 Å². The molecule has 2 aromatic rings. The monoisotopic (exact) mass is 401 g/mol. The molecule has 7 nitrogen and oxygen atoms in total. The average molecular weight is 402 g/mol. The Morgan fingerprint density at radius 1 is 1.18 bits per heavy atom. The van der Waals surface area contributed by atoms with Crippen LogP contribution in [0.5, 0.6) is 0 Å². The Kier molecular flexibility index (Phi) is 5.79. The fraction of sp³-hybridized carbons (Fsp3) is 0.250. The molecule has 2 aromatic carbocycles. The van der Waals surface area contributed by atoms with Crippen molar-refractivity contribution in [2.24, 2.45) is 11.6 Å². The summed E-state index contributed by atoms with van der Waals surface area (Å²) in [4.78, 5) is 19.7. The Bertz CT molecular complexity index is 909. The van der Waals surface area contributed by atoms with Gasteiger partial charge in [0.2, 0.25) is 0 Å². The second kappa shape index (κ2) is 8.10. The fourth-order valence-electron chi connectivity index (χ4n) is 3.28. The quantitative estimate of drug-likeness (QED) is 0.607. The third-order valence-corrected chi connectivity index (χ3v) is 4.97. The molecule has 0 radical (unpaired) electrons. The van der Waals surface area contributed by atoms with Crippen LogP contribution in [0.2, 0.25) is 5.02 Å². The predicted octanol–water partition coefficient (Wildman–Crippen LogP) is 2.95. The molecule has 1 amide bonds. The van der Waals surface area contributed by atoms with Crippen LogP contribution in [-0.2, 0) is 4.84 Å². The smallest absolute Gasteiger partial charge is 0.277 e. The molecule has 1 heterocycles. The number of carbonyl (C=O) groups excluding carboxylic acids is 1. The molecule has 148 valence electrons. The molecule has 0 aliphatic carbocycles. The zero-order chi connectivity index (χ0) is 20.4. The van der Waals surface area contributed by atoms with E-state index in [9.17, 15) is 4.79 Å². The van der Waals surface area contributed by atoms with Crippen LogP contribution in [-0.4, -0.2) is 43.2 Å². The molecule has 1 aliphatic rings. The number of allylic oxidation sites excluding steroid dienone is 1. The number of halogens is 1. The second-order valence-electron chi connectivity index (χ2n) is 6.57. The van der Waals surface area contributed by atoms with Crippen LogP contribution in [0, 0.1) is 0 Å². The van der Waals surface area contributed by atoms with E-state index in [1.54, 1.807) is 18.1 Å². The highest BCUT2D eigenvalue weighted by atomic mass is 35.5. The largest absolute Gasteiger partial charge is 0.401 e. The minimum absolute atomic E-state index is 0.245. The minimum Gasteiger partial charge on any atom is -0.401 e. The number of hydrazine groups is 1. The van der Waals surface area contributed by atoms with Crippen molar-refractivity contribution >= 4 is 34.6 Å². The molecule has 0 fully saturated rings. The van der Waals surface area contributed by atoms with Gasteiger partial charge in [0.25, 0.3) is 5.91 Å².